The standard InChI is InChI=1S/C29H30BrN3O4S/c1-20-8-10-21(11-9-20)27-25(33-38(34,35)24-14-12-22(13-15-24)29(2,3)4)6-5-7-26(27)36-16-17-37-28-31-18-23(30)19-32-28/h5-15,18-19,33H,16-17H2,1-4H3. The van der Waals surface area contributed by atoms with Crippen molar-refractivity contribution in [2.24, 2.45) is 0 Å². The number of aryl methyl sites for hydroxylation is 1. The van der Waals surface area contributed by atoms with Gasteiger partial charge in [0.2, 0.25) is 0 Å². The minimum atomic E-state index is -3.85. The second-order valence-electron chi connectivity index (χ2n) is 9.81. The average Bonchev–Trinajstić information content (AvgIpc) is 2.88. The van der Waals surface area contributed by atoms with E-state index in [1.165, 1.54) is 0 Å². The van der Waals surface area contributed by atoms with Gasteiger partial charge in [0.05, 0.1) is 15.1 Å². The molecule has 1 aromatic heterocycles. The Labute approximate surface area is 232 Å². The fourth-order valence-electron chi connectivity index (χ4n) is 3.75. The van der Waals surface area contributed by atoms with Gasteiger partial charge in [0.15, 0.2) is 0 Å². The van der Waals surface area contributed by atoms with E-state index in [1.807, 2.05) is 43.3 Å². The topological polar surface area (TPSA) is 90.4 Å². The number of nitrogens with zero attached hydrogens (tertiary/aromatic N) is 2. The summed E-state index contributed by atoms with van der Waals surface area (Å²) in [4.78, 5) is 8.36. The summed E-state index contributed by atoms with van der Waals surface area (Å²) in [6.45, 7) is 8.69. The van der Waals surface area contributed by atoms with Crippen LogP contribution in [0.25, 0.3) is 11.1 Å². The molecular weight excluding hydrogens is 566 g/mol. The lowest BCUT2D eigenvalue weighted by molar-refractivity contribution is 0.206. The third kappa shape index (κ3) is 6.90. The number of rotatable bonds is 9. The van der Waals surface area contributed by atoms with Crippen molar-refractivity contribution in [3.05, 3.63) is 94.7 Å². The minimum Gasteiger partial charge on any atom is -0.489 e. The van der Waals surface area contributed by atoms with E-state index in [-0.39, 0.29) is 29.5 Å². The minimum absolute atomic E-state index is 0.0762. The molecule has 0 fully saturated rings. The van der Waals surface area contributed by atoms with Crippen LogP contribution in [0.5, 0.6) is 11.8 Å². The summed E-state index contributed by atoms with van der Waals surface area (Å²) in [7, 11) is -3.85. The summed E-state index contributed by atoms with van der Waals surface area (Å²) < 4.78 is 41.9. The van der Waals surface area contributed by atoms with Gasteiger partial charge in [-0.2, -0.15) is 0 Å². The highest BCUT2D eigenvalue weighted by molar-refractivity contribution is 9.10. The maximum atomic E-state index is 13.4. The van der Waals surface area contributed by atoms with Crippen LogP contribution >= 0.6 is 15.9 Å². The summed E-state index contributed by atoms with van der Waals surface area (Å²) in [6, 6.07) is 20.4. The van der Waals surface area contributed by atoms with Gasteiger partial charge in [0, 0.05) is 18.0 Å². The number of hydrogen-bond donors (Lipinski definition) is 1. The number of nitrogens with one attached hydrogen (secondary N) is 1. The number of hydrogen-bond acceptors (Lipinski definition) is 6. The van der Waals surface area contributed by atoms with Crippen molar-refractivity contribution < 1.29 is 17.9 Å². The van der Waals surface area contributed by atoms with Crippen molar-refractivity contribution in [1.82, 2.24) is 9.97 Å². The predicted octanol–water partition coefficient (Wildman–Crippen LogP) is 6.77. The zero-order valence-electron chi connectivity index (χ0n) is 21.7. The zero-order chi connectivity index (χ0) is 27.3. The summed E-state index contributed by atoms with van der Waals surface area (Å²) in [5, 5.41) is 0. The third-order valence-electron chi connectivity index (χ3n) is 5.81. The van der Waals surface area contributed by atoms with E-state index < -0.39 is 10.0 Å². The van der Waals surface area contributed by atoms with Gasteiger partial charge in [-0.05, 0) is 63.7 Å². The van der Waals surface area contributed by atoms with Crippen molar-refractivity contribution in [1.29, 1.82) is 0 Å². The maximum Gasteiger partial charge on any atom is 0.316 e. The van der Waals surface area contributed by atoms with Crippen LogP contribution < -0.4 is 14.2 Å². The smallest absolute Gasteiger partial charge is 0.316 e. The fourth-order valence-corrected chi connectivity index (χ4v) is 5.03. The van der Waals surface area contributed by atoms with Gasteiger partial charge in [0.1, 0.15) is 19.0 Å². The number of sulfonamides is 1. The Kier molecular flexibility index (Phi) is 8.38. The molecular formula is C29H30BrN3O4S. The van der Waals surface area contributed by atoms with Crippen molar-refractivity contribution in [2.75, 3.05) is 17.9 Å². The molecule has 0 amide bonds. The molecule has 0 saturated carbocycles. The number of halogens is 1. The van der Waals surface area contributed by atoms with Gasteiger partial charge in [-0.15, -0.1) is 0 Å². The molecule has 0 saturated heterocycles. The molecule has 0 spiro atoms. The number of benzene rings is 3. The summed E-state index contributed by atoms with van der Waals surface area (Å²) in [6.07, 6.45) is 3.20. The summed E-state index contributed by atoms with van der Waals surface area (Å²) in [5.74, 6) is 0.525. The van der Waals surface area contributed by atoms with Crippen molar-refractivity contribution >= 4 is 31.6 Å². The molecule has 0 aliphatic heterocycles. The summed E-state index contributed by atoms with van der Waals surface area (Å²) >= 11 is 3.29. The first kappa shape index (κ1) is 27.6. The van der Waals surface area contributed by atoms with E-state index in [2.05, 4.69) is 51.4 Å². The van der Waals surface area contributed by atoms with E-state index in [9.17, 15) is 8.42 Å². The average molecular weight is 597 g/mol. The normalized spacial score (nSPS) is 11.7. The Balaban J connectivity index is 1.60. The molecule has 1 N–H and O–H groups in total. The zero-order valence-corrected chi connectivity index (χ0v) is 24.1. The Hall–Kier alpha value is -3.43. The van der Waals surface area contributed by atoms with Crippen LogP contribution in [0.2, 0.25) is 0 Å². The lowest BCUT2D eigenvalue weighted by Gasteiger charge is -2.20. The Morgan fingerprint density at radius 3 is 2.13 bits per heavy atom. The van der Waals surface area contributed by atoms with Gasteiger partial charge in [-0.3, -0.25) is 4.72 Å². The summed E-state index contributed by atoms with van der Waals surface area (Å²) in [5.41, 5.74) is 3.96. The molecule has 0 bridgehead atoms. The van der Waals surface area contributed by atoms with Crippen molar-refractivity contribution in [2.45, 2.75) is 38.0 Å². The van der Waals surface area contributed by atoms with Crippen LogP contribution in [-0.4, -0.2) is 31.6 Å². The first-order valence-electron chi connectivity index (χ1n) is 12.1. The molecule has 0 unspecified atom stereocenters. The van der Waals surface area contributed by atoms with Crippen LogP contribution in [0.1, 0.15) is 31.9 Å². The molecule has 198 valence electrons. The van der Waals surface area contributed by atoms with Crippen LogP contribution in [-0.2, 0) is 15.4 Å². The van der Waals surface area contributed by atoms with Gasteiger partial charge in [-0.25, -0.2) is 18.4 Å². The van der Waals surface area contributed by atoms with Crippen LogP contribution in [0.15, 0.2) is 88.5 Å². The first-order chi connectivity index (χ1) is 18.0. The molecule has 0 aliphatic rings. The highest BCUT2D eigenvalue weighted by Crippen LogP contribution is 2.38. The van der Waals surface area contributed by atoms with Crippen LogP contribution in [0.4, 0.5) is 5.69 Å². The second-order valence-corrected chi connectivity index (χ2v) is 12.4. The van der Waals surface area contributed by atoms with E-state index >= 15 is 0 Å². The molecule has 4 rings (SSSR count). The van der Waals surface area contributed by atoms with Crippen molar-refractivity contribution in [3.63, 3.8) is 0 Å². The lowest BCUT2D eigenvalue weighted by Crippen LogP contribution is -2.16. The molecule has 7 nitrogen and oxygen atoms in total. The second kappa shape index (κ2) is 11.5. The quantitative estimate of drug-likeness (QED) is 0.215. The van der Waals surface area contributed by atoms with Gasteiger partial charge in [-0.1, -0.05) is 68.8 Å². The van der Waals surface area contributed by atoms with Crippen LogP contribution in [0.3, 0.4) is 0 Å². The van der Waals surface area contributed by atoms with Gasteiger partial charge < -0.3 is 9.47 Å². The predicted molar refractivity (Wildman–Crippen MR) is 153 cm³/mol. The molecule has 0 aliphatic carbocycles. The molecule has 0 radical (unpaired) electrons. The third-order valence-corrected chi connectivity index (χ3v) is 7.60. The highest BCUT2D eigenvalue weighted by atomic mass is 79.9. The van der Waals surface area contributed by atoms with Gasteiger partial charge >= 0.3 is 6.01 Å². The Morgan fingerprint density at radius 2 is 1.50 bits per heavy atom. The Bertz CT molecular complexity index is 1480. The van der Waals surface area contributed by atoms with Crippen molar-refractivity contribution in [3.8, 4) is 22.9 Å². The largest absolute Gasteiger partial charge is 0.489 e. The number of anilines is 1. The monoisotopic (exact) mass is 595 g/mol. The van der Waals surface area contributed by atoms with Gasteiger partial charge in [0.25, 0.3) is 10.0 Å². The van der Waals surface area contributed by atoms with E-state index in [0.717, 1.165) is 21.2 Å². The fraction of sp³-hybridized carbons (Fsp3) is 0.241. The van der Waals surface area contributed by atoms with E-state index in [0.29, 0.717) is 17.0 Å². The van der Waals surface area contributed by atoms with Crippen LogP contribution in [0, 0.1) is 6.92 Å². The molecule has 3 aromatic carbocycles. The Morgan fingerprint density at radius 1 is 0.868 bits per heavy atom. The van der Waals surface area contributed by atoms with E-state index in [1.54, 1.807) is 42.7 Å². The lowest BCUT2D eigenvalue weighted by atomic mass is 9.87. The molecule has 4 aromatic rings. The first-order valence-corrected chi connectivity index (χ1v) is 14.4. The SMILES string of the molecule is Cc1ccc(-c2c(NS(=O)(=O)c3ccc(C(C)(C)C)cc3)cccc2OCCOc2ncc(Br)cn2)cc1. The molecule has 0 atom stereocenters. The molecule has 38 heavy (non-hydrogen) atoms. The maximum absolute atomic E-state index is 13.4. The number of ether oxygens (including phenoxy) is 2. The van der Waals surface area contributed by atoms with E-state index in [4.69, 9.17) is 9.47 Å². The molecule has 9 heteroatoms. The highest BCUT2D eigenvalue weighted by Gasteiger charge is 2.21. The molecule has 1 heterocycles. The number of aromatic nitrogens is 2.